The number of hydrogen-bond donors (Lipinski definition) is 0. The van der Waals surface area contributed by atoms with Gasteiger partial charge in [0.05, 0.1) is 11.7 Å². The Morgan fingerprint density at radius 3 is 2.59 bits per heavy atom. The maximum absolute atomic E-state index is 11.4. The second-order valence-electron chi connectivity index (χ2n) is 7.17. The SMILES string of the molecule is CC(=O)OC[C@H]1OC(OC(C)=O)[C@]2(C)O[C@]3(C)CC[C@H]1[C@H]2C3. The van der Waals surface area contributed by atoms with Gasteiger partial charge in [0.15, 0.2) is 0 Å². The fourth-order valence-electron chi connectivity index (χ4n) is 4.44. The van der Waals surface area contributed by atoms with Crippen molar-refractivity contribution in [2.24, 2.45) is 11.8 Å². The van der Waals surface area contributed by atoms with Crippen molar-refractivity contribution < 1.29 is 28.5 Å². The van der Waals surface area contributed by atoms with Crippen LogP contribution in [0.3, 0.4) is 0 Å². The molecule has 3 fully saturated rings. The summed E-state index contributed by atoms with van der Waals surface area (Å²) in [7, 11) is 0. The Morgan fingerprint density at radius 1 is 1.23 bits per heavy atom. The van der Waals surface area contributed by atoms with E-state index >= 15 is 0 Å². The highest BCUT2D eigenvalue weighted by atomic mass is 16.7. The van der Waals surface area contributed by atoms with Gasteiger partial charge in [-0.2, -0.15) is 0 Å². The van der Waals surface area contributed by atoms with E-state index in [-0.39, 0.29) is 36.1 Å². The molecule has 3 rings (SSSR count). The Hall–Kier alpha value is -1.14. The summed E-state index contributed by atoms with van der Waals surface area (Å²) in [5, 5.41) is 0. The van der Waals surface area contributed by atoms with Gasteiger partial charge in [0, 0.05) is 19.8 Å². The van der Waals surface area contributed by atoms with Crippen LogP contribution in [0.25, 0.3) is 0 Å². The first-order chi connectivity index (χ1) is 10.2. The lowest BCUT2D eigenvalue weighted by atomic mass is 9.66. The second kappa shape index (κ2) is 5.20. The van der Waals surface area contributed by atoms with E-state index in [1.54, 1.807) is 0 Å². The molecule has 2 heterocycles. The minimum atomic E-state index is -0.758. The summed E-state index contributed by atoms with van der Waals surface area (Å²) < 4.78 is 22.8. The van der Waals surface area contributed by atoms with Gasteiger partial charge in [0.25, 0.3) is 0 Å². The monoisotopic (exact) mass is 312 g/mol. The van der Waals surface area contributed by atoms with Crippen molar-refractivity contribution in [3.63, 3.8) is 0 Å². The predicted octanol–water partition coefficient (Wildman–Crippen LogP) is 1.80. The van der Waals surface area contributed by atoms with Gasteiger partial charge in [-0.3, -0.25) is 9.59 Å². The van der Waals surface area contributed by atoms with Crippen LogP contribution in [0.2, 0.25) is 0 Å². The van der Waals surface area contributed by atoms with E-state index in [1.165, 1.54) is 13.8 Å². The van der Waals surface area contributed by atoms with Crippen molar-refractivity contribution in [1.82, 2.24) is 0 Å². The summed E-state index contributed by atoms with van der Waals surface area (Å²) in [4.78, 5) is 22.5. The van der Waals surface area contributed by atoms with Crippen molar-refractivity contribution in [3.05, 3.63) is 0 Å². The molecule has 2 aliphatic heterocycles. The molecule has 6 heteroatoms. The van der Waals surface area contributed by atoms with Crippen molar-refractivity contribution in [2.45, 2.75) is 70.6 Å². The Balaban J connectivity index is 1.86. The van der Waals surface area contributed by atoms with E-state index in [0.29, 0.717) is 0 Å². The van der Waals surface area contributed by atoms with Gasteiger partial charge >= 0.3 is 11.9 Å². The topological polar surface area (TPSA) is 71.1 Å². The van der Waals surface area contributed by atoms with E-state index in [0.717, 1.165) is 19.3 Å². The van der Waals surface area contributed by atoms with Crippen LogP contribution in [-0.2, 0) is 28.5 Å². The summed E-state index contributed by atoms with van der Waals surface area (Å²) in [6.45, 7) is 7.02. The second-order valence-corrected chi connectivity index (χ2v) is 7.17. The highest BCUT2D eigenvalue weighted by Gasteiger charge is 2.65. The van der Waals surface area contributed by atoms with Crippen LogP contribution >= 0.6 is 0 Å². The summed E-state index contributed by atoms with van der Waals surface area (Å²) in [5.74, 6) is -0.230. The molecule has 2 bridgehead atoms. The lowest BCUT2D eigenvalue weighted by Crippen LogP contribution is -2.59. The highest BCUT2D eigenvalue weighted by molar-refractivity contribution is 5.66. The first kappa shape index (κ1) is 15.7. The minimum Gasteiger partial charge on any atom is -0.463 e. The fourth-order valence-corrected chi connectivity index (χ4v) is 4.44. The minimum absolute atomic E-state index is 0.187. The number of hydrogen-bond acceptors (Lipinski definition) is 6. The number of esters is 2. The summed E-state index contributed by atoms with van der Waals surface area (Å²) in [6.07, 6.45) is 1.82. The molecule has 124 valence electrons. The average molecular weight is 312 g/mol. The van der Waals surface area contributed by atoms with Crippen molar-refractivity contribution >= 4 is 11.9 Å². The Bertz CT molecular complexity index is 491. The molecule has 22 heavy (non-hydrogen) atoms. The molecule has 6 atom stereocenters. The van der Waals surface area contributed by atoms with Gasteiger partial charge in [-0.25, -0.2) is 0 Å². The van der Waals surface area contributed by atoms with Crippen LogP contribution in [0.5, 0.6) is 0 Å². The van der Waals surface area contributed by atoms with Crippen molar-refractivity contribution in [2.75, 3.05) is 6.61 Å². The van der Waals surface area contributed by atoms with E-state index < -0.39 is 17.9 Å². The molecule has 1 unspecified atom stereocenters. The number of carbonyl (C=O) groups is 2. The average Bonchev–Trinajstić information content (AvgIpc) is 2.64. The van der Waals surface area contributed by atoms with Gasteiger partial charge in [0.2, 0.25) is 6.29 Å². The molecule has 6 nitrogen and oxygen atoms in total. The molecular formula is C16H24O6. The van der Waals surface area contributed by atoms with E-state index in [4.69, 9.17) is 18.9 Å². The van der Waals surface area contributed by atoms with Crippen LogP contribution in [0.4, 0.5) is 0 Å². The highest BCUT2D eigenvalue weighted by Crippen LogP contribution is 2.58. The van der Waals surface area contributed by atoms with Crippen LogP contribution in [0.15, 0.2) is 0 Å². The van der Waals surface area contributed by atoms with Crippen LogP contribution in [-0.4, -0.2) is 42.1 Å². The standard InChI is InChI=1S/C16H24O6/c1-9(17)19-8-13-11-5-6-15(3)7-12(11)16(4,22-15)14(21-13)20-10(2)18/h11-14H,5-8H2,1-4H3/t11-,12+,13+,14?,15+,16+/m0/s1. The summed E-state index contributed by atoms with van der Waals surface area (Å²) in [6, 6.07) is 0. The maximum Gasteiger partial charge on any atom is 0.305 e. The molecule has 0 amide bonds. The Morgan fingerprint density at radius 2 is 1.95 bits per heavy atom. The van der Waals surface area contributed by atoms with Crippen LogP contribution < -0.4 is 0 Å². The molecule has 2 saturated heterocycles. The molecule has 0 N–H and O–H groups in total. The van der Waals surface area contributed by atoms with Crippen LogP contribution in [0, 0.1) is 11.8 Å². The van der Waals surface area contributed by atoms with Gasteiger partial charge < -0.3 is 18.9 Å². The number of fused-ring (bicyclic) bond motifs is 1. The zero-order valence-corrected chi connectivity index (χ0v) is 13.6. The molecule has 0 radical (unpaired) electrons. The van der Waals surface area contributed by atoms with E-state index in [9.17, 15) is 9.59 Å². The molecule has 0 aromatic rings. The van der Waals surface area contributed by atoms with Gasteiger partial charge in [-0.15, -0.1) is 0 Å². The zero-order valence-electron chi connectivity index (χ0n) is 13.6. The van der Waals surface area contributed by atoms with E-state index in [2.05, 4.69) is 6.92 Å². The molecule has 1 aliphatic carbocycles. The Labute approximate surface area is 130 Å². The van der Waals surface area contributed by atoms with Gasteiger partial charge in [0.1, 0.15) is 12.2 Å². The molecule has 1 saturated carbocycles. The van der Waals surface area contributed by atoms with Gasteiger partial charge in [-0.1, -0.05) is 0 Å². The molecule has 0 spiro atoms. The van der Waals surface area contributed by atoms with E-state index in [1.807, 2.05) is 6.92 Å². The fraction of sp³-hybridized carbons (Fsp3) is 0.875. The normalized spacial score (nSPS) is 46.2. The third-order valence-corrected chi connectivity index (χ3v) is 5.35. The number of carbonyl (C=O) groups excluding carboxylic acids is 2. The van der Waals surface area contributed by atoms with Crippen LogP contribution in [0.1, 0.15) is 47.0 Å². The quantitative estimate of drug-likeness (QED) is 0.740. The zero-order chi connectivity index (χ0) is 16.1. The molecule has 0 aromatic carbocycles. The predicted molar refractivity (Wildman–Crippen MR) is 75.8 cm³/mol. The van der Waals surface area contributed by atoms with Crippen molar-refractivity contribution in [3.8, 4) is 0 Å². The largest absolute Gasteiger partial charge is 0.463 e. The number of rotatable bonds is 3. The molecular weight excluding hydrogens is 288 g/mol. The number of ether oxygens (including phenoxy) is 4. The first-order valence-corrected chi connectivity index (χ1v) is 7.90. The lowest BCUT2D eigenvalue weighted by molar-refractivity contribution is -0.300. The molecule has 0 aromatic heterocycles. The maximum atomic E-state index is 11.4. The molecule has 3 aliphatic rings. The summed E-state index contributed by atoms with van der Waals surface area (Å²) >= 11 is 0. The smallest absolute Gasteiger partial charge is 0.305 e. The van der Waals surface area contributed by atoms with Gasteiger partial charge in [-0.05, 0) is 39.0 Å². The first-order valence-electron chi connectivity index (χ1n) is 7.90. The Kier molecular flexibility index (Phi) is 3.72. The third-order valence-electron chi connectivity index (χ3n) is 5.35. The van der Waals surface area contributed by atoms with Crippen molar-refractivity contribution in [1.29, 1.82) is 0 Å². The third kappa shape index (κ3) is 2.52. The summed E-state index contributed by atoms with van der Waals surface area (Å²) in [5.41, 5.74) is -0.817. The lowest BCUT2D eigenvalue weighted by Gasteiger charge is -2.48.